The summed E-state index contributed by atoms with van der Waals surface area (Å²) in [5, 5.41) is 0. The predicted molar refractivity (Wildman–Crippen MR) is 115 cm³/mol. The SMILES string of the molecule is CCOC(CS(=O)(=O)OC(=O)CC[Si](C)(C)C)C1CC=CC=C1C12CC1CCO2. The molecule has 0 N–H and O–H groups in total. The minimum Gasteiger partial charge on any atom is -0.377 e. The summed E-state index contributed by atoms with van der Waals surface area (Å²) in [5.41, 5.74) is 0.906. The van der Waals surface area contributed by atoms with Crippen LogP contribution in [0.3, 0.4) is 0 Å². The third-order valence-electron chi connectivity index (χ3n) is 6.06. The van der Waals surface area contributed by atoms with Crippen molar-refractivity contribution in [1.82, 2.24) is 0 Å². The van der Waals surface area contributed by atoms with E-state index in [-0.39, 0.29) is 23.7 Å². The maximum Gasteiger partial charge on any atom is 0.321 e. The third kappa shape index (κ3) is 5.60. The molecule has 0 aromatic rings. The van der Waals surface area contributed by atoms with Crippen LogP contribution < -0.4 is 0 Å². The molecule has 2 fully saturated rings. The number of rotatable bonds is 10. The number of allylic oxidation sites excluding steroid dienone is 3. The lowest BCUT2D eigenvalue weighted by Gasteiger charge is -2.33. The van der Waals surface area contributed by atoms with E-state index in [0.717, 1.165) is 25.0 Å². The molecule has 1 saturated carbocycles. The Morgan fingerprint density at radius 1 is 1.38 bits per heavy atom. The second kappa shape index (κ2) is 8.65. The van der Waals surface area contributed by atoms with Gasteiger partial charge in [-0.2, -0.15) is 8.42 Å². The number of ether oxygens (including phenoxy) is 2. The summed E-state index contributed by atoms with van der Waals surface area (Å²) in [4.78, 5) is 12.1. The summed E-state index contributed by atoms with van der Waals surface area (Å²) in [6.45, 7) is 9.42. The molecular formula is C21H34O6SSi. The summed E-state index contributed by atoms with van der Waals surface area (Å²) in [5.74, 6) is -0.544. The van der Waals surface area contributed by atoms with Crippen molar-refractivity contribution in [3.8, 4) is 0 Å². The van der Waals surface area contributed by atoms with Gasteiger partial charge in [-0.05, 0) is 43.7 Å². The molecule has 1 saturated heterocycles. The van der Waals surface area contributed by atoms with Gasteiger partial charge in [0.1, 0.15) is 5.75 Å². The van der Waals surface area contributed by atoms with Gasteiger partial charge in [-0.3, -0.25) is 4.79 Å². The first kappa shape index (κ1) is 22.7. The highest BCUT2D eigenvalue weighted by Crippen LogP contribution is 2.60. The van der Waals surface area contributed by atoms with Crippen molar-refractivity contribution in [2.45, 2.75) is 70.0 Å². The summed E-state index contributed by atoms with van der Waals surface area (Å²) in [6.07, 6.45) is 8.46. The zero-order valence-electron chi connectivity index (χ0n) is 18.0. The van der Waals surface area contributed by atoms with Crippen LogP contribution in [0.1, 0.15) is 32.6 Å². The van der Waals surface area contributed by atoms with Gasteiger partial charge in [-0.15, -0.1) is 0 Å². The molecule has 3 rings (SSSR count). The standard InChI is InChI=1S/C21H34O6SSi/c1-5-25-19(15-28(23,24)27-20(22)11-13-29(2,3)4)17-8-6-7-9-18(17)21-14-16(21)10-12-26-21/h6-7,9,16-17,19H,5,8,10-15H2,1-4H3. The van der Waals surface area contributed by atoms with E-state index in [0.29, 0.717) is 25.0 Å². The van der Waals surface area contributed by atoms with E-state index in [1.165, 1.54) is 0 Å². The lowest BCUT2D eigenvalue weighted by atomic mass is 9.82. The average molecular weight is 443 g/mol. The first-order valence-electron chi connectivity index (χ1n) is 10.6. The topological polar surface area (TPSA) is 78.9 Å². The van der Waals surface area contributed by atoms with Gasteiger partial charge in [0.15, 0.2) is 0 Å². The molecule has 0 aromatic carbocycles. The van der Waals surface area contributed by atoms with Crippen LogP contribution in [0.4, 0.5) is 0 Å². The van der Waals surface area contributed by atoms with Crippen molar-refractivity contribution < 1.29 is 26.9 Å². The summed E-state index contributed by atoms with van der Waals surface area (Å²) >= 11 is 0. The second-order valence-corrected chi connectivity index (χ2v) is 16.8. The summed E-state index contributed by atoms with van der Waals surface area (Å²) in [7, 11) is -5.47. The first-order valence-corrected chi connectivity index (χ1v) is 15.9. The van der Waals surface area contributed by atoms with Gasteiger partial charge < -0.3 is 13.7 Å². The van der Waals surface area contributed by atoms with Crippen LogP contribution in [0.15, 0.2) is 23.8 Å². The van der Waals surface area contributed by atoms with Gasteiger partial charge in [0.25, 0.3) is 0 Å². The molecule has 0 aromatic heterocycles. The van der Waals surface area contributed by atoms with Gasteiger partial charge in [0.05, 0.1) is 11.7 Å². The second-order valence-electron chi connectivity index (χ2n) is 9.55. The Kier molecular flexibility index (Phi) is 6.77. The van der Waals surface area contributed by atoms with E-state index in [2.05, 4.69) is 25.7 Å². The number of fused-ring (bicyclic) bond motifs is 1. The Bertz CT molecular complexity index is 781. The fourth-order valence-corrected chi connectivity index (χ4v) is 6.60. The monoisotopic (exact) mass is 442 g/mol. The predicted octanol–water partition coefficient (Wildman–Crippen LogP) is 3.67. The van der Waals surface area contributed by atoms with Crippen LogP contribution in [0.25, 0.3) is 0 Å². The zero-order chi connectivity index (χ0) is 21.3. The van der Waals surface area contributed by atoms with Crippen molar-refractivity contribution in [2.75, 3.05) is 19.0 Å². The molecule has 1 heterocycles. The van der Waals surface area contributed by atoms with E-state index in [9.17, 15) is 13.2 Å². The molecule has 6 nitrogen and oxygen atoms in total. The Morgan fingerprint density at radius 3 is 2.72 bits per heavy atom. The molecule has 2 aliphatic carbocycles. The fourth-order valence-electron chi connectivity index (χ4n) is 4.48. The third-order valence-corrected chi connectivity index (χ3v) is 8.99. The molecule has 4 unspecified atom stereocenters. The maximum atomic E-state index is 12.6. The molecule has 164 valence electrons. The quantitative estimate of drug-likeness (QED) is 0.379. The van der Waals surface area contributed by atoms with Gasteiger partial charge >= 0.3 is 16.1 Å². The van der Waals surface area contributed by atoms with Crippen LogP contribution in [-0.4, -0.2) is 53.1 Å². The number of hydrogen-bond acceptors (Lipinski definition) is 6. The first-order chi connectivity index (χ1) is 13.6. The lowest BCUT2D eigenvalue weighted by molar-refractivity contribution is -0.133. The molecular weight excluding hydrogens is 408 g/mol. The van der Waals surface area contributed by atoms with Gasteiger partial charge in [0.2, 0.25) is 0 Å². The van der Waals surface area contributed by atoms with Crippen molar-refractivity contribution in [2.24, 2.45) is 11.8 Å². The number of carbonyl (C=O) groups is 1. The minimum absolute atomic E-state index is 0.0847. The van der Waals surface area contributed by atoms with Crippen LogP contribution in [0.2, 0.25) is 25.7 Å². The van der Waals surface area contributed by atoms with Gasteiger partial charge in [0, 0.05) is 33.6 Å². The Labute approximate surface area is 175 Å². The molecule has 1 aliphatic heterocycles. The fraction of sp³-hybridized carbons (Fsp3) is 0.762. The van der Waals surface area contributed by atoms with Crippen molar-refractivity contribution >= 4 is 24.2 Å². The van der Waals surface area contributed by atoms with E-state index in [1.54, 1.807) is 0 Å². The molecule has 3 aliphatic rings. The van der Waals surface area contributed by atoms with E-state index in [1.807, 2.05) is 19.1 Å². The Morgan fingerprint density at radius 2 is 2.14 bits per heavy atom. The maximum absolute atomic E-state index is 12.6. The van der Waals surface area contributed by atoms with Gasteiger partial charge in [-0.1, -0.05) is 37.9 Å². The van der Waals surface area contributed by atoms with E-state index < -0.39 is 30.3 Å². The number of hydrogen-bond donors (Lipinski definition) is 0. The van der Waals surface area contributed by atoms with Crippen LogP contribution in [-0.2, 0) is 28.6 Å². The van der Waals surface area contributed by atoms with Gasteiger partial charge in [-0.25, -0.2) is 0 Å². The highest BCUT2D eigenvalue weighted by Gasteiger charge is 2.62. The van der Waals surface area contributed by atoms with E-state index in [4.69, 9.17) is 13.7 Å². The van der Waals surface area contributed by atoms with Crippen LogP contribution in [0.5, 0.6) is 0 Å². The largest absolute Gasteiger partial charge is 0.377 e. The highest BCUT2D eigenvalue weighted by atomic mass is 32.2. The summed E-state index contributed by atoms with van der Waals surface area (Å²) < 4.78 is 42.1. The number of carbonyl (C=O) groups excluding carboxylic acids is 1. The smallest absolute Gasteiger partial charge is 0.321 e. The highest BCUT2D eigenvalue weighted by molar-refractivity contribution is 7.87. The minimum atomic E-state index is -4.02. The molecule has 4 atom stereocenters. The van der Waals surface area contributed by atoms with E-state index >= 15 is 0 Å². The summed E-state index contributed by atoms with van der Waals surface area (Å²) in [6, 6.07) is 0.706. The molecule has 0 bridgehead atoms. The van der Waals surface area contributed by atoms with Crippen LogP contribution >= 0.6 is 0 Å². The van der Waals surface area contributed by atoms with Crippen molar-refractivity contribution in [3.63, 3.8) is 0 Å². The molecule has 0 amide bonds. The normalized spacial score (nSPS) is 29.9. The Balaban J connectivity index is 1.68. The zero-order valence-corrected chi connectivity index (χ0v) is 19.8. The molecule has 0 radical (unpaired) electrons. The van der Waals surface area contributed by atoms with Crippen molar-refractivity contribution in [3.05, 3.63) is 23.8 Å². The molecule has 29 heavy (non-hydrogen) atoms. The Hall–Kier alpha value is -0.963. The van der Waals surface area contributed by atoms with Crippen molar-refractivity contribution in [1.29, 1.82) is 0 Å². The lowest BCUT2D eigenvalue weighted by Crippen LogP contribution is -2.38. The molecule has 0 spiro atoms. The molecule has 8 heteroatoms. The average Bonchev–Trinajstić information content (AvgIpc) is 3.19. The van der Waals surface area contributed by atoms with Crippen LogP contribution in [0, 0.1) is 11.8 Å².